The highest BCUT2D eigenvalue weighted by Gasteiger charge is 2.26. The SMILES string of the molecule is CN(CC1CCOCC1)S(=O)(=O)c1ccc2c(c1)CCC2. The Labute approximate surface area is 127 Å². The summed E-state index contributed by atoms with van der Waals surface area (Å²) in [5, 5.41) is 0. The van der Waals surface area contributed by atoms with Crippen molar-refractivity contribution >= 4 is 10.0 Å². The predicted octanol–water partition coefficient (Wildman–Crippen LogP) is 2.22. The van der Waals surface area contributed by atoms with Crippen molar-refractivity contribution < 1.29 is 13.2 Å². The minimum atomic E-state index is -3.37. The van der Waals surface area contributed by atoms with Crippen molar-refractivity contribution in [3.8, 4) is 0 Å². The Morgan fingerprint density at radius 3 is 2.67 bits per heavy atom. The van der Waals surface area contributed by atoms with Gasteiger partial charge in [-0.25, -0.2) is 12.7 Å². The van der Waals surface area contributed by atoms with Gasteiger partial charge >= 0.3 is 0 Å². The highest BCUT2D eigenvalue weighted by Crippen LogP contribution is 2.27. The standard InChI is InChI=1S/C16H23NO3S/c1-17(12-13-7-9-20-10-8-13)21(18,19)16-6-5-14-3-2-4-15(14)11-16/h5-6,11,13H,2-4,7-10,12H2,1H3. The van der Waals surface area contributed by atoms with Crippen molar-refractivity contribution in [3.63, 3.8) is 0 Å². The summed E-state index contributed by atoms with van der Waals surface area (Å²) in [5.74, 6) is 0.410. The summed E-state index contributed by atoms with van der Waals surface area (Å²) in [6, 6.07) is 5.62. The van der Waals surface area contributed by atoms with E-state index in [1.54, 1.807) is 13.1 Å². The molecule has 1 saturated heterocycles. The second-order valence-electron chi connectivity index (χ2n) is 6.13. The van der Waals surface area contributed by atoms with Gasteiger partial charge in [-0.15, -0.1) is 0 Å². The zero-order valence-electron chi connectivity index (χ0n) is 12.5. The van der Waals surface area contributed by atoms with E-state index in [1.165, 1.54) is 15.4 Å². The van der Waals surface area contributed by atoms with Crippen LogP contribution in [-0.2, 0) is 27.6 Å². The maximum atomic E-state index is 12.7. The van der Waals surface area contributed by atoms with Gasteiger partial charge in [-0.05, 0) is 61.3 Å². The molecule has 0 unspecified atom stereocenters. The summed E-state index contributed by atoms with van der Waals surface area (Å²) in [5.41, 5.74) is 2.51. The van der Waals surface area contributed by atoms with Gasteiger partial charge in [0.25, 0.3) is 0 Å². The molecule has 1 aromatic rings. The molecule has 0 saturated carbocycles. The maximum absolute atomic E-state index is 12.7. The average Bonchev–Trinajstić information content (AvgIpc) is 2.95. The van der Waals surface area contributed by atoms with Crippen molar-refractivity contribution in [3.05, 3.63) is 29.3 Å². The van der Waals surface area contributed by atoms with Gasteiger partial charge in [-0.3, -0.25) is 0 Å². The quantitative estimate of drug-likeness (QED) is 0.857. The van der Waals surface area contributed by atoms with E-state index < -0.39 is 10.0 Å². The van der Waals surface area contributed by atoms with Gasteiger partial charge in [0.05, 0.1) is 4.90 Å². The third kappa shape index (κ3) is 3.15. The predicted molar refractivity (Wildman–Crippen MR) is 81.8 cm³/mol. The Hall–Kier alpha value is -0.910. The molecule has 3 rings (SSSR count). The summed E-state index contributed by atoms with van der Waals surface area (Å²) >= 11 is 0. The van der Waals surface area contributed by atoms with E-state index >= 15 is 0 Å². The van der Waals surface area contributed by atoms with Gasteiger partial charge in [-0.2, -0.15) is 0 Å². The average molecular weight is 309 g/mol. The van der Waals surface area contributed by atoms with Crippen molar-refractivity contribution in [2.24, 2.45) is 5.92 Å². The minimum absolute atomic E-state index is 0.410. The molecule has 21 heavy (non-hydrogen) atoms. The van der Waals surface area contributed by atoms with E-state index in [0.717, 1.165) is 45.3 Å². The number of nitrogens with zero attached hydrogens (tertiary/aromatic N) is 1. The zero-order chi connectivity index (χ0) is 14.9. The van der Waals surface area contributed by atoms with E-state index in [4.69, 9.17) is 4.74 Å². The van der Waals surface area contributed by atoms with Crippen LogP contribution in [0.2, 0.25) is 0 Å². The maximum Gasteiger partial charge on any atom is 0.242 e. The largest absolute Gasteiger partial charge is 0.381 e. The van der Waals surface area contributed by atoms with E-state index in [2.05, 4.69) is 0 Å². The first-order valence-electron chi connectivity index (χ1n) is 7.73. The number of ether oxygens (including phenoxy) is 1. The molecule has 4 nitrogen and oxygen atoms in total. The number of sulfonamides is 1. The summed E-state index contributed by atoms with van der Waals surface area (Å²) in [7, 11) is -1.67. The normalized spacial score (nSPS) is 19.9. The topological polar surface area (TPSA) is 46.6 Å². The lowest BCUT2D eigenvalue weighted by Gasteiger charge is -2.26. The second-order valence-corrected chi connectivity index (χ2v) is 8.17. The Kier molecular flexibility index (Phi) is 4.33. The lowest BCUT2D eigenvalue weighted by molar-refractivity contribution is 0.0620. The molecule has 1 fully saturated rings. The van der Waals surface area contributed by atoms with Crippen molar-refractivity contribution in [1.82, 2.24) is 4.31 Å². The molecular weight excluding hydrogens is 286 g/mol. The molecule has 0 bridgehead atoms. The molecular formula is C16H23NO3S. The Bertz CT molecular complexity index is 606. The van der Waals surface area contributed by atoms with Crippen LogP contribution in [-0.4, -0.2) is 39.5 Å². The molecule has 1 aromatic carbocycles. The molecule has 1 aliphatic heterocycles. The molecule has 0 radical (unpaired) electrons. The fourth-order valence-corrected chi connectivity index (χ4v) is 4.58. The van der Waals surface area contributed by atoms with Crippen LogP contribution in [0.5, 0.6) is 0 Å². The monoisotopic (exact) mass is 309 g/mol. The highest BCUT2D eigenvalue weighted by molar-refractivity contribution is 7.89. The number of fused-ring (bicyclic) bond motifs is 1. The molecule has 0 spiro atoms. The van der Waals surface area contributed by atoms with E-state index in [9.17, 15) is 8.42 Å². The first kappa shape index (κ1) is 15.0. The summed E-state index contributed by atoms with van der Waals surface area (Å²) in [4.78, 5) is 0.442. The van der Waals surface area contributed by atoms with Gasteiger partial charge in [0.2, 0.25) is 10.0 Å². The van der Waals surface area contributed by atoms with Crippen molar-refractivity contribution in [1.29, 1.82) is 0 Å². The van der Waals surface area contributed by atoms with Crippen molar-refractivity contribution in [2.45, 2.75) is 37.0 Å². The van der Waals surface area contributed by atoms with Crippen LogP contribution >= 0.6 is 0 Å². The first-order chi connectivity index (χ1) is 10.1. The molecule has 0 N–H and O–H groups in total. The summed E-state index contributed by atoms with van der Waals surface area (Å²) in [6.07, 6.45) is 5.11. The first-order valence-corrected chi connectivity index (χ1v) is 9.17. The van der Waals surface area contributed by atoms with Gasteiger partial charge < -0.3 is 4.74 Å². The van der Waals surface area contributed by atoms with E-state index in [1.807, 2.05) is 12.1 Å². The Morgan fingerprint density at radius 1 is 1.19 bits per heavy atom. The van der Waals surface area contributed by atoms with Crippen LogP contribution in [0, 0.1) is 5.92 Å². The van der Waals surface area contributed by atoms with Crippen LogP contribution in [0.25, 0.3) is 0 Å². The number of hydrogen-bond acceptors (Lipinski definition) is 3. The second kappa shape index (κ2) is 6.07. The molecule has 0 atom stereocenters. The third-order valence-corrected chi connectivity index (χ3v) is 6.45. The summed E-state index contributed by atoms with van der Waals surface area (Å²) < 4.78 is 32.2. The number of benzene rings is 1. The smallest absolute Gasteiger partial charge is 0.242 e. The number of rotatable bonds is 4. The molecule has 0 amide bonds. The van der Waals surface area contributed by atoms with Crippen molar-refractivity contribution in [2.75, 3.05) is 26.8 Å². The van der Waals surface area contributed by atoms with Gasteiger partial charge in [0.1, 0.15) is 0 Å². The third-order valence-electron chi connectivity index (χ3n) is 4.63. The van der Waals surface area contributed by atoms with Gasteiger partial charge in [0, 0.05) is 26.8 Å². The van der Waals surface area contributed by atoms with Gasteiger partial charge in [-0.1, -0.05) is 6.07 Å². The minimum Gasteiger partial charge on any atom is -0.381 e. The lowest BCUT2D eigenvalue weighted by Crippen LogP contribution is -2.34. The molecule has 116 valence electrons. The molecule has 0 aromatic heterocycles. The van der Waals surface area contributed by atoms with Gasteiger partial charge in [0.15, 0.2) is 0 Å². The molecule has 5 heteroatoms. The fourth-order valence-electron chi connectivity index (χ4n) is 3.28. The van der Waals surface area contributed by atoms with E-state index in [0.29, 0.717) is 17.4 Å². The zero-order valence-corrected chi connectivity index (χ0v) is 13.4. The number of aryl methyl sites for hydroxylation is 2. The van der Waals surface area contributed by atoms with Crippen LogP contribution in [0.1, 0.15) is 30.4 Å². The van der Waals surface area contributed by atoms with Crippen LogP contribution in [0.3, 0.4) is 0 Å². The Balaban J connectivity index is 1.75. The fraction of sp³-hybridized carbons (Fsp3) is 0.625. The highest BCUT2D eigenvalue weighted by atomic mass is 32.2. The van der Waals surface area contributed by atoms with E-state index in [-0.39, 0.29) is 0 Å². The molecule has 2 aliphatic rings. The Morgan fingerprint density at radius 2 is 1.90 bits per heavy atom. The number of hydrogen-bond donors (Lipinski definition) is 0. The lowest BCUT2D eigenvalue weighted by atomic mass is 10.0. The molecule has 1 aliphatic carbocycles. The van der Waals surface area contributed by atoms with Crippen LogP contribution < -0.4 is 0 Å². The summed E-state index contributed by atoms with van der Waals surface area (Å²) in [6.45, 7) is 2.08. The van der Waals surface area contributed by atoms with Crippen LogP contribution in [0.4, 0.5) is 0 Å². The van der Waals surface area contributed by atoms with Crippen LogP contribution in [0.15, 0.2) is 23.1 Å². The molecule has 1 heterocycles.